The third kappa shape index (κ3) is 5.78. The van der Waals surface area contributed by atoms with E-state index in [2.05, 4.69) is 10.4 Å². The predicted octanol–water partition coefficient (Wildman–Crippen LogP) is 8.44. The number of pyridine rings is 1. The quantitative estimate of drug-likeness (QED) is 0.0993. The average Bonchev–Trinajstić information content (AvgIpc) is 3.59. The van der Waals surface area contributed by atoms with Crippen LogP contribution in [-0.2, 0) is 30.8 Å². The van der Waals surface area contributed by atoms with E-state index < -0.39 is 82.1 Å². The molecule has 2 aliphatic heterocycles. The number of fused-ring (bicyclic) bond motifs is 5. The van der Waals surface area contributed by atoms with E-state index in [1.54, 1.807) is 48.5 Å². The van der Waals surface area contributed by atoms with Crippen LogP contribution in [0.25, 0.3) is 10.8 Å². The minimum Gasteiger partial charge on any atom is -0.508 e. The molecule has 59 heavy (non-hydrogen) atoms. The number of hydrazine groups is 2. The van der Waals surface area contributed by atoms with Crippen molar-refractivity contribution in [1.29, 1.82) is 0 Å². The van der Waals surface area contributed by atoms with Crippen LogP contribution in [0.1, 0.15) is 35.6 Å². The van der Waals surface area contributed by atoms with Crippen LogP contribution in [0.5, 0.6) is 5.75 Å². The SMILES string of the molecule is CN(c1nc(C(F)(F)F)ccc1Cl)N1C(=O)C2CC=C3C(CC4C(=O)N(Nc5ccc(F)cc5)C(=O)C4(c4ccc(Cl)cc4)C3c3c(O)ccc4ccccc34)C2C1=O. The number of nitrogens with zero attached hydrogens (tertiary/aromatic N) is 4. The highest BCUT2D eigenvalue weighted by Gasteiger charge is 2.71. The summed E-state index contributed by atoms with van der Waals surface area (Å²) in [6.07, 6.45) is -3.21. The van der Waals surface area contributed by atoms with Gasteiger partial charge in [0, 0.05) is 23.6 Å². The predicted molar refractivity (Wildman–Crippen MR) is 209 cm³/mol. The lowest BCUT2D eigenvalue weighted by Crippen LogP contribution is -2.53. The highest BCUT2D eigenvalue weighted by molar-refractivity contribution is 6.33. The van der Waals surface area contributed by atoms with Crippen LogP contribution in [0.4, 0.5) is 29.1 Å². The second-order valence-corrected chi connectivity index (χ2v) is 15.9. The largest absolute Gasteiger partial charge is 0.508 e. The lowest BCUT2D eigenvalue weighted by Gasteiger charge is -2.51. The molecule has 2 N–H and O–H groups in total. The number of hydrogen-bond acceptors (Lipinski definition) is 8. The van der Waals surface area contributed by atoms with Gasteiger partial charge in [-0.1, -0.05) is 77.3 Å². The topological polar surface area (TPSA) is 123 Å². The molecule has 3 heterocycles. The summed E-state index contributed by atoms with van der Waals surface area (Å²) in [6.45, 7) is 0. The Balaban J connectivity index is 1.24. The molecular formula is C43H31Cl2F4N5O5. The average molecular weight is 845 g/mol. The summed E-state index contributed by atoms with van der Waals surface area (Å²) in [6, 6.07) is 23.6. The highest BCUT2D eigenvalue weighted by Crippen LogP contribution is 2.65. The Bertz CT molecular complexity index is 2640. The minimum atomic E-state index is -4.85. The molecule has 4 aliphatic rings. The van der Waals surface area contributed by atoms with E-state index in [1.165, 1.54) is 37.4 Å². The van der Waals surface area contributed by atoms with Gasteiger partial charge in [0.1, 0.15) is 17.3 Å². The summed E-state index contributed by atoms with van der Waals surface area (Å²) in [5, 5.41) is 15.9. The molecule has 0 bridgehead atoms. The number of nitrogens with one attached hydrogen (secondary N) is 1. The number of alkyl halides is 3. The lowest BCUT2D eigenvalue weighted by molar-refractivity contribution is -0.142. The van der Waals surface area contributed by atoms with Gasteiger partial charge >= 0.3 is 6.18 Å². The number of rotatable bonds is 6. The van der Waals surface area contributed by atoms with E-state index in [4.69, 9.17) is 23.2 Å². The van der Waals surface area contributed by atoms with Crippen LogP contribution in [0.2, 0.25) is 10.0 Å². The van der Waals surface area contributed by atoms with Crippen molar-refractivity contribution >= 4 is 69.1 Å². The third-order valence-electron chi connectivity index (χ3n) is 12.2. The summed E-state index contributed by atoms with van der Waals surface area (Å²) in [7, 11) is 1.22. The maximum Gasteiger partial charge on any atom is 0.433 e. The van der Waals surface area contributed by atoms with Crippen molar-refractivity contribution in [3.63, 3.8) is 0 Å². The van der Waals surface area contributed by atoms with Crippen LogP contribution >= 0.6 is 23.2 Å². The first-order valence-electron chi connectivity index (χ1n) is 18.5. The maximum atomic E-state index is 15.5. The maximum absolute atomic E-state index is 15.5. The first-order valence-corrected chi connectivity index (χ1v) is 19.3. The van der Waals surface area contributed by atoms with Gasteiger partial charge in [-0.15, -0.1) is 0 Å². The molecule has 0 spiro atoms. The zero-order valence-electron chi connectivity index (χ0n) is 30.8. The molecule has 2 saturated heterocycles. The molecular weight excluding hydrogens is 813 g/mol. The summed E-state index contributed by atoms with van der Waals surface area (Å²) >= 11 is 12.7. The number of phenolic OH excluding ortho intramolecular Hbond substituents is 1. The Morgan fingerprint density at radius 2 is 1.58 bits per heavy atom. The number of aromatic nitrogens is 1. The van der Waals surface area contributed by atoms with Gasteiger partial charge in [0.05, 0.1) is 33.9 Å². The molecule has 2 aliphatic carbocycles. The van der Waals surface area contributed by atoms with E-state index in [-0.39, 0.29) is 29.3 Å². The second-order valence-electron chi connectivity index (χ2n) is 15.1. The van der Waals surface area contributed by atoms with Crippen LogP contribution < -0.4 is 10.4 Å². The summed E-state index contributed by atoms with van der Waals surface area (Å²) in [4.78, 5) is 63.2. The number of carbonyl (C=O) groups is 4. The van der Waals surface area contributed by atoms with Crippen molar-refractivity contribution in [1.82, 2.24) is 15.0 Å². The number of benzene rings is 4. The first-order chi connectivity index (χ1) is 28.1. The third-order valence-corrected chi connectivity index (χ3v) is 12.7. The molecule has 3 fully saturated rings. The molecule has 4 amide bonds. The molecule has 5 aromatic rings. The number of carbonyl (C=O) groups excluding carboxylic acids is 4. The van der Waals surface area contributed by atoms with Gasteiger partial charge < -0.3 is 5.11 Å². The smallest absolute Gasteiger partial charge is 0.433 e. The standard InChI is InChI=1S/C43H31Cl2F4N5O5/c1-52(37-31(45)17-19-33(50-37)43(47,48)49)54-38(56)28-16-15-27-29(34(28)40(54)58)20-30-39(57)53(51-25-13-11-24(46)12-14-25)41(59)42(30,22-7-9-23(44)10-8-22)36(27)35-26-5-3-2-4-21(26)6-18-32(35)55/h2-15,17-19,28-30,34,36,51,55H,16,20H2,1H3. The van der Waals surface area contributed by atoms with Crippen molar-refractivity contribution in [3.8, 4) is 5.75 Å². The lowest BCUT2D eigenvalue weighted by atomic mass is 9.48. The van der Waals surface area contributed by atoms with Crippen molar-refractivity contribution in [2.75, 3.05) is 17.5 Å². The second kappa shape index (κ2) is 13.8. The van der Waals surface area contributed by atoms with Gasteiger partial charge in [-0.25, -0.2) is 9.37 Å². The Morgan fingerprint density at radius 1 is 0.864 bits per heavy atom. The Kier molecular flexibility index (Phi) is 9.01. The number of halogens is 6. The molecule has 300 valence electrons. The van der Waals surface area contributed by atoms with E-state index in [0.717, 1.165) is 21.1 Å². The van der Waals surface area contributed by atoms with Crippen LogP contribution in [0.3, 0.4) is 0 Å². The Hall–Kier alpha value is -5.99. The van der Waals surface area contributed by atoms with E-state index >= 15 is 4.79 Å². The highest BCUT2D eigenvalue weighted by atomic mass is 35.5. The van der Waals surface area contributed by atoms with Crippen molar-refractivity contribution in [3.05, 3.63) is 141 Å². The molecule has 4 aromatic carbocycles. The van der Waals surface area contributed by atoms with Crippen molar-refractivity contribution < 1.29 is 41.8 Å². The summed E-state index contributed by atoms with van der Waals surface area (Å²) in [5.41, 5.74) is 1.29. The molecule has 16 heteroatoms. The molecule has 6 unspecified atom stereocenters. The van der Waals surface area contributed by atoms with Crippen LogP contribution in [-0.4, -0.2) is 50.8 Å². The van der Waals surface area contributed by atoms with Gasteiger partial charge in [-0.2, -0.15) is 23.2 Å². The van der Waals surface area contributed by atoms with Crippen LogP contribution in [0, 0.1) is 29.5 Å². The van der Waals surface area contributed by atoms with Gasteiger partial charge in [0.15, 0.2) is 5.82 Å². The zero-order chi connectivity index (χ0) is 41.7. The fourth-order valence-electron chi connectivity index (χ4n) is 9.75. The van der Waals surface area contributed by atoms with Gasteiger partial charge in [0.25, 0.3) is 23.6 Å². The van der Waals surface area contributed by atoms with Crippen LogP contribution in [0.15, 0.2) is 109 Å². The fourth-order valence-corrected chi connectivity index (χ4v) is 10.1. The summed E-state index contributed by atoms with van der Waals surface area (Å²) in [5.74, 6) is -9.39. The van der Waals surface area contributed by atoms with Gasteiger partial charge in [0.2, 0.25) is 0 Å². The Morgan fingerprint density at radius 3 is 2.29 bits per heavy atom. The van der Waals surface area contributed by atoms with E-state index in [1.807, 2.05) is 12.1 Å². The normalized spacial score (nSPS) is 25.2. The number of imide groups is 2. The number of hydrogen-bond donors (Lipinski definition) is 2. The van der Waals surface area contributed by atoms with E-state index in [0.29, 0.717) is 38.6 Å². The molecule has 0 radical (unpaired) electrons. The number of phenols is 1. The molecule has 1 aromatic heterocycles. The number of allylic oxidation sites excluding steroid dienone is 2. The number of anilines is 2. The minimum absolute atomic E-state index is 0.0156. The number of amides is 4. The molecule has 9 rings (SSSR count). The molecule has 6 atom stereocenters. The molecule has 1 saturated carbocycles. The van der Waals surface area contributed by atoms with Crippen molar-refractivity contribution in [2.45, 2.75) is 30.4 Å². The zero-order valence-corrected chi connectivity index (χ0v) is 32.3. The van der Waals surface area contributed by atoms with E-state index in [9.17, 15) is 37.1 Å². The summed E-state index contributed by atoms with van der Waals surface area (Å²) < 4.78 is 55.2. The van der Waals surface area contributed by atoms with Crippen molar-refractivity contribution in [2.24, 2.45) is 23.7 Å². The van der Waals surface area contributed by atoms with Gasteiger partial charge in [-0.05, 0) is 89.7 Å². The molecule has 10 nitrogen and oxygen atoms in total. The first kappa shape index (κ1) is 38.5. The monoisotopic (exact) mass is 843 g/mol. The van der Waals surface area contributed by atoms with Gasteiger partial charge in [-0.3, -0.25) is 29.6 Å². The Labute approximate surface area is 343 Å². The fraction of sp³-hybridized carbons (Fsp3) is 0.233. The number of aromatic hydroxyl groups is 1.